The molecule has 1 fully saturated rings. The topological polar surface area (TPSA) is 88.6 Å². The summed E-state index contributed by atoms with van der Waals surface area (Å²) in [5.41, 5.74) is 0.780. The zero-order valence-corrected chi connectivity index (χ0v) is 19.5. The van der Waals surface area contributed by atoms with Crippen molar-refractivity contribution in [1.29, 1.82) is 0 Å². The Morgan fingerprint density at radius 1 is 1.31 bits per heavy atom. The third-order valence-electron chi connectivity index (χ3n) is 4.72. The molecule has 3 heterocycles. The molecule has 1 N–H and O–H groups in total. The lowest BCUT2D eigenvalue weighted by molar-refractivity contribution is -0.120. The summed E-state index contributed by atoms with van der Waals surface area (Å²) < 4.78 is 34.3. The van der Waals surface area contributed by atoms with E-state index in [9.17, 15) is 13.2 Å². The number of anilines is 1. The molecule has 1 atom stereocenters. The minimum absolute atomic E-state index is 0.169. The molecule has 29 heavy (non-hydrogen) atoms. The molecule has 0 aliphatic carbocycles. The molecule has 1 aliphatic heterocycles. The second kappa shape index (κ2) is 8.31. The zero-order valence-electron chi connectivity index (χ0n) is 15.4. The second-order valence-electron chi connectivity index (χ2n) is 6.60. The molecular weight excluding hydrogens is 498 g/mol. The third-order valence-corrected chi connectivity index (χ3v) is 9.61. The first-order valence-electron chi connectivity index (χ1n) is 8.88. The number of thiophene rings is 1. The van der Waals surface area contributed by atoms with Gasteiger partial charge in [-0.25, -0.2) is 13.4 Å². The number of carbonyl (C=O) groups excluding carboxylic acids is 1. The Morgan fingerprint density at radius 3 is 2.86 bits per heavy atom. The van der Waals surface area contributed by atoms with Crippen LogP contribution in [0.25, 0.3) is 10.2 Å². The molecule has 154 valence electrons. The van der Waals surface area contributed by atoms with Gasteiger partial charge in [-0.05, 0) is 59.1 Å². The first-order valence-corrected chi connectivity index (χ1v) is 12.7. The van der Waals surface area contributed by atoms with E-state index in [0.717, 1.165) is 19.8 Å². The van der Waals surface area contributed by atoms with E-state index in [1.807, 2.05) is 18.2 Å². The number of hydrogen-bond acceptors (Lipinski definition) is 7. The molecular formula is C18H18BrN3O4S3. The maximum Gasteiger partial charge on any atom is 0.252 e. The fourth-order valence-corrected chi connectivity index (χ4v) is 7.82. The summed E-state index contributed by atoms with van der Waals surface area (Å²) in [6.45, 7) is 0.588. The van der Waals surface area contributed by atoms with Crippen LogP contribution in [-0.4, -0.2) is 43.8 Å². The number of piperidine rings is 1. The molecule has 0 spiro atoms. The molecule has 2 aromatic heterocycles. The Kier molecular flexibility index (Phi) is 5.94. The van der Waals surface area contributed by atoms with Gasteiger partial charge in [0.25, 0.3) is 10.0 Å². The summed E-state index contributed by atoms with van der Waals surface area (Å²) in [5.74, 6) is 0.110. The molecule has 1 unspecified atom stereocenters. The average molecular weight is 516 g/mol. The number of ether oxygens (including phenoxy) is 1. The van der Waals surface area contributed by atoms with Crippen molar-refractivity contribution in [2.75, 3.05) is 25.5 Å². The van der Waals surface area contributed by atoms with Crippen molar-refractivity contribution in [2.24, 2.45) is 5.92 Å². The maximum atomic E-state index is 12.9. The van der Waals surface area contributed by atoms with Crippen molar-refractivity contribution in [1.82, 2.24) is 9.29 Å². The standard InChI is InChI=1S/C18H18BrN3O4S3/c1-26-12-4-5-13-14(9-12)27-18(20-13)21-17(23)11-3-2-8-22(10-11)29(24,25)16-7-6-15(19)28-16/h4-7,9,11H,2-3,8,10H2,1H3,(H,20,21,23). The summed E-state index contributed by atoms with van der Waals surface area (Å²) >= 11 is 5.84. The van der Waals surface area contributed by atoms with Crippen molar-refractivity contribution in [3.8, 4) is 5.75 Å². The number of methoxy groups -OCH3 is 1. The maximum absolute atomic E-state index is 12.9. The number of amides is 1. The summed E-state index contributed by atoms with van der Waals surface area (Å²) in [6.07, 6.45) is 1.28. The molecule has 3 aromatic rings. The second-order valence-corrected chi connectivity index (χ2v) is 12.3. The summed E-state index contributed by atoms with van der Waals surface area (Å²) in [4.78, 5) is 17.2. The first kappa shape index (κ1) is 20.7. The van der Waals surface area contributed by atoms with Crippen molar-refractivity contribution < 1.29 is 17.9 Å². The van der Waals surface area contributed by atoms with Crippen molar-refractivity contribution in [2.45, 2.75) is 17.1 Å². The van der Waals surface area contributed by atoms with Gasteiger partial charge in [-0.15, -0.1) is 11.3 Å². The van der Waals surface area contributed by atoms with Gasteiger partial charge >= 0.3 is 0 Å². The van der Waals surface area contributed by atoms with E-state index >= 15 is 0 Å². The van der Waals surface area contributed by atoms with Crippen LogP contribution in [0.5, 0.6) is 5.75 Å². The molecule has 0 bridgehead atoms. The smallest absolute Gasteiger partial charge is 0.252 e. The van der Waals surface area contributed by atoms with Gasteiger partial charge in [-0.1, -0.05) is 11.3 Å². The minimum atomic E-state index is -3.59. The molecule has 4 rings (SSSR count). The molecule has 11 heteroatoms. The molecule has 0 saturated carbocycles. The van der Waals surface area contributed by atoms with E-state index in [1.54, 1.807) is 19.2 Å². The zero-order chi connectivity index (χ0) is 20.6. The van der Waals surface area contributed by atoms with Gasteiger partial charge in [-0.3, -0.25) is 4.79 Å². The van der Waals surface area contributed by atoms with Gasteiger partial charge in [0.05, 0.1) is 27.0 Å². The number of halogens is 1. The predicted molar refractivity (Wildman–Crippen MR) is 118 cm³/mol. The van der Waals surface area contributed by atoms with Gasteiger partial charge in [-0.2, -0.15) is 4.31 Å². The lowest BCUT2D eigenvalue weighted by atomic mass is 9.99. The highest BCUT2D eigenvalue weighted by atomic mass is 79.9. The first-order chi connectivity index (χ1) is 13.9. The van der Waals surface area contributed by atoms with E-state index in [4.69, 9.17) is 4.74 Å². The normalized spacial score (nSPS) is 18.1. The van der Waals surface area contributed by atoms with E-state index in [1.165, 1.54) is 27.0 Å². The Bertz CT molecular complexity index is 1160. The highest BCUT2D eigenvalue weighted by molar-refractivity contribution is 9.11. The van der Waals surface area contributed by atoms with Crippen LogP contribution < -0.4 is 10.1 Å². The Labute approximate surface area is 184 Å². The van der Waals surface area contributed by atoms with Crippen LogP contribution in [0.15, 0.2) is 38.3 Å². The number of carbonyl (C=O) groups is 1. The average Bonchev–Trinajstić information content (AvgIpc) is 3.33. The number of hydrogen-bond donors (Lipinski definition) is 1. The lowest BCUT2D eigenvalue weighted by Gasteiger charge is -2.30. The fourth-order valence-electron chi connectivity index (χ4n) is 3.23. The van der Waals surface area contributed by atoms with Crippen LogP contribution in [0.4, 0.5) is 5.13 Å². The van der Waals surface area contributed by atoms with Gasteiger partial charge in [0.2, 0.25) is 5.91 Å². The van der Waals surface area contributed by atoms with Crippen LogP contribution in [0, 0.1) is 5.92 Å². The summed E-state index contributed by atoms with van der Waals surface area (Å²) in [6, 6.07) is 8.84. The monoisotopic (exact) mass is 515 g/mol. The Morgan fingerprint density at radius 2 is 2.14 bits per heavy atom. The molecule has 1 aromatic carbocycles. The Balaban J connectivity index is 1.47. The van der Waals surface area contributed by atoms with Crippen molar-refractivity contribution in [3.63, 3.8) is 0 Å². The van der Waals surface area contributed by atoms with Gasteiger partial charge in [0.1, 0.15) is 9.96 Å². The number of nitrogens with zero attached hydrogens (tertiary/aromatic N) is 2. The van der Waals surface area contributed by atoms with E-state index in [0.29, 0.717) is 24.5 Å². The summed E-state index contributed by atoms with van der Waals surface area (Å²) in [7, 11) is -1.99. The van der Waals surface area contributed by atoms with Crippen molar-refractivity contribution in [3.05, 3.63) is 34.1 Å². The Hall–Kier alpha value is -1.53. The third kappa shape index (κ3) is 4.33. The number of rotatable bonds is 5. The number of thiazole rings is 1. The molecule has 1 amide bonds. The van der Waals surface area contributed by atoms with Crippen LogP contribution in [0.1, 0.15) is 12.8 Å². The molecule has 7 nitrogen and oxygen atoms in total. The minimum Gasteiger partial charge on any atom is -0.497 e. The van der Waals surface area contributed by atoms with E-state index < -0.39 is 15.9 Å². The summed E-state index contributed by atoms with van der Waals surface area (Å²) in [5, 5.41) is 3.36. The highest BCUT2D eigenvalue weighted by Gasteiger charge is 2.34. The molecule has 1 aliphatic rings. The number of fused-ring (bicyclic) bond motifs is 1. The SMILES string of the molecule is COc1ccc2nc(NC(=O)C3CCCN(S(=O)(=O)c4ccc(Br)s4)C3)sc2c1. The highest BCUT2D eigenvalue weighted by Crippen LogP contribution is 2.32. The number of benzene rings is 1. The van der Waals surface area contributed by atoms with Crippen LogP contribution >= 0.6 is 38.6 Å². The molecule has 0 radical (unpaired) electrons. The van der Waals surface area contributed by atoms with Crippen LogP contribution in [0.3, 0.4) is 0 Å². The number of sulfonamides is 1. The quantitative estimate of drug-likeness (QED) is 0.550. The molecule has 1 saturated heterocycles. The van der Waals surface area contributed by atoms with Crippen LogP contribution in [0.2, 0.25) is 0 Å². The van der Waals surface area contributed by atoms with Crippen molar-refractivity contribution >= 4 is 69.9 Å². The van der Waals surface area contributed by atoms with E-state index in [-0.39, 0.29) is 16.7 Å². The van der Waals surface area contributed by atoms with Gasteiger partial charge in [0.15, 0.2) is 5.13 Å². The fraction of sp³-hybridized carbons (Fsp3) is 0.333. The van der Waals surface area contributed by atoms with Crippen LogP contribution in [-0.2, 0) is 14.8 Å². The number of nitrogens with one attached hydrogen (secondary N) is 1. The van der Waals surface area contributed by atoms with E-state index in [2.05, 4.69) is 26.2 Å². The predicted octanol–water partition coefficient (Wildman–Crippen LogP) is 4.17. The number of aromatic nitrogens is 1. The van der Waals surface area contributed by atoms with Gasteiger partial charge in [0, 0.05) is 13.1 Å². The lowest BCUT2D eigenvalue weighted by Crippen LogP contribution is -2.43. The van der Waals surface area contributed by atoms with Gasteiger partial charge < -0.3 is 10.1 Å². The largest absolute Gasteiger partial charge is 0.497 e.